The fraction of sp³-hybridized carbons (Fsp3) is 0.100. The van der Waals surface area contributed by atoms with E-state index in [1.165, 1.54) is 0 Å². The van der Waals surface area contributed by atoms with Crippen LogP contribution in [0.25, 0.3) is 21.2 Å². The number of imidazole rings is 1. The molecule has 4 rings (SSSR count). The molecule has 0 saturated heterocycles. The van der Waals surface area contributed by atoms with Crippen LogP contribution >= 0.6 is 11.3 Å². The number of rotatable bonds is 5. The van der Waals surface area contributed by atoms with E-state index < -0.39 is 0 Å². The molecule has 0 aliphatic carbocycles. The summed E-state index contributed by atoms with van der Waals surface area (Å²) in [6, 6.07) is 18.4. The summed E-state index contributed by atoms with van der Waals surface area (Å²) >= 11 is 1.59. The largest absolute Gasteiger partial charge is 0.337 e. The normalized spacial score (nSPS) is 11.0. The minimum atomic E-state index is 0.184. The van der Waals surface area contributed by atoms with Crippen molar-refractivity contribution in [2.75, 3.05) is 0 Å². The van der Waals surface area contributed by atoms with Gasteiger partial charge in [-0.15, -0.1) is 11.3 Å². The molecule has 118 valence electrons. The first kappa shape index (κ1) is 14.8. The van der Waals surface area contributed by atoms with Gasteiger partial charge < -0.3 is 4.57 Å². The summed E-state index contributed by atoms with van der Waals surface area (Å²) in [6.45, 7) is 0.654. The number of thiophene rings is 1. The Morgan fingerprint density at radius 3 is 2.62 bits per heavy atom. The van der Waals surface area contributed by atoms with Gasteiger partial charge in [0.15, 0.2) is 5.78 Å². The van der Waals surface area contributed by atoms with Crippen molar-refractivity contribution in [1.82, 2.24) is 9.55 Å². The highest BCUT2D eigenvalue weighted by Gasteiger charge is 2.19. The van der Waals surface area contributed by atoms with Gasteiger partial charge >= 0.3 is 0 Å². The van der Waals surface area contributed by atoms with Crippen LogP contribution in [0.1, 0.15) is 16.1 Å². The van der Waals surface area contributed by atoms with Crippen LogP contribution in [0.4, 0.5) is 0 Å². The average molecular weight is 332 g/mol. The fourth-order valence-electron chi connectivity index (χ4n) is 2.90. The molecule has 0 amide bonds. The summed E-state index contributed by atoms with van der Waals surface area (Å²) in [5.74, 6) is 0.184. The molecule has 24 heavy (non-hydrogen) atoms. The molecule has 2 heterocycles. The third-order valence-corrected chi connectivity index (χ3v) is 5.28. The number of nitrogens with zero attached hydrogens (tertiary/aromatic N) is 2. The Hall–Kier alpha value is -2.72. The van der Waals surface area contributed by atoms with Gasteiger partial charge in [-0.05, 0) is 11.6 Å². The molecule has 3 nitrogen and oxygen atoms in total. The smallest absolute Gasteiger partial charge is 0.175 e. The van der Waals surface area contributed by atoms with Crippen molar-refractivity contribution in [3.8, 4) is 11.1 Å². The molecule has 0 bridgehead atoms. The molecule has 4 heteroatoms. The number of benzene rings is 2. The van der Waals surface area contributed by atoms with Crippen LogP contribution in [0.15, 0.2) is 73.3 Å². The first-order valence-electron chi connectivity index (χ1n) is 7.89. The predicted molar refractivity (Wildman–Crippen MR) is 98.4 cm³/mol. The molecule has 0 aliphatic rings. The van der Waals surface area contributed by atoms with E-state index in [1.807, 2.05) is 41.1 Å². The van der Waals surface area contributed by atoms with E-state index in [4.69, 9.17) is 0 Å². The number of carbonyl (C=O) groups is 1. The highest BCUT2D eigenvalue weighted by molar-refractivity contribution is 7.21. The lowest BCUT2D eigenvalue weighted by Gasteiger charge is -2.05. The molecule has 0 unspecified atom stereocenters. The highest BCUT2D eigenvalue weighted by Crippen LogP contribution is 2.39. The van der Waals surface area contributed by atoms with Crippen molar-refractivity contribution in [3.05, 3.63) is 78.2 Å². The molecule has 0 aliphatic heterocycles. The summed E-state index contributed by atoms with van der Waals surface area (Å²) < 4.78 is 3.09. The van der Waals surface area contributed by atoms with Crippen molar-refractivity contribution in [3.63, 3.8) is 0 Å². The van der Waals surface area contributed by atoms with Crippen molar-refractivity contribution >= 4 is 27.2 Å². The van der Waals surface area contributed by atoms with E-state index in [2.05, 4.69) is 29.2 Å². The van der Waals surface area contributed by atoms with Gasteiger partial charge in [0.05, 0.1) is 11.2 Å². The number of Topliss-reactive ketones (excluding diaryl/α,β-unsaturated/α-hetero) is 1. The van der Waals surface area contributed by atoms with Crippen LogP contribution in [-0.4, -0.2) is 15.3 Å². The number of carbonyl (C=O) groups excluding carboxylic acids is 1. The monoisotopic (exact) mass is 332 g/mol. The maximum Gasteiger partial charge on any atom is 0.175 e. The lowest BCUT2D eigenvalue weighted by atomic mass is 10.00. The fourth-order valence-corrected chi connectivity index (χ4v) is 4.09. The van der Waals surface area contributed by atoms with Crippen LogP contribution in [0.3, 0.4) is 0 Å². The second-order valence-corrected chi connectivity index (χ2v) is 6.69. The van der Waals surface area contributed by atoms with Crippen LogP contribution in [-0.2, 0) is 6.54 Å². The number of hydrogen-bond donors (Lipinski definition) is 0. The van der Waals surface area contributed by atoms with Crippen molar-refractivity contribution in [1.29, 1.82) is 0 Å². The van der Waals surface area contributed by atoms with E-state index in [9.17, 15) is 4.79 Å². The lowest BCUT2D eigenvalue weighted by molar-refractivity contribution is 0.0981. The topological polar surface area (TPSA) is 34.9 Å². The number of aryl methyl sites for hydroxylation is 1. The molecular weight excluding hydrogens is 316 g/mol. The summed E-state index contributed by atoms with van der Waals surface area (Å²) in [5.41, 5.74) is 2.16. The van der Waals surface area contributed by atoms with E-state index >= 15 is 0 Å². The Kier molecular flexibility index (Phi) is 3.97. The zero-order chi connectivity index (χ0) is 16.4. The van der Waals surface area contributed by atoms with Gasteiger partial charge in [-0.3, -0.25) is 4.79 Å². The molecule has 0 saturated carbocycles. The third kappa shape index (κ3) is 2.76. The van der Waals surface area contributed by atoms with Crippen molar-refractivity contribution in [2.45, 2.75) is 13.0 Å². The quantitative estimate of drug-likeness (QED) is 0.480. The SMILES string of the molecule is O=C(CCn1ccnc1)c1sc2ccccc2c1-c1ccccc1. The molecule has 2 aromatic heterocycles. The third-order valence-electron chi connectivity index (χ3n) is 4.07. The van der Waals surface area contributed by atoms with Gasteiger partial charge in [-0.1, -0.05) is 48.5 Å². The van der Waals surface area contributed by atoms with Crippen LogP contribution < -0.4 is 0 Å². The Morgan fingerprint density at radius 1 is 1.04 bits per heavy atom. The molecule has 0 atom stereocenters. The summed E-state index contributed by atoms with van der Waals surface area (Å²) in [4.78, 5) is 17.8. The zero-order valence-electron chi connectivity index (χ0n) is 13.1. The second kappa shape index (κ2) is 6.42. The Labute approximate surface area is 144 Å². The molecule has 4 aromatic rings. The summed E-state index contributed by atoms with van der Waals surface area (Å²) in [5, 5.41) is 1.15. The lowest BCUT2D eigenvalue weighted by Crippen LogP contribution is -2.04. The number of fused-ring (bicyclic) bond motifs is 1. The average Bonchev–Trinajstić information content (AvgIpc) is 3.28. The van der Waals surface area contributed by atoms with E-state index in [1.54, 1.807) is 23.9 Å². The standard InChI is InChI=1S/C20H16N2OS/c23-17(10-12-22-13-11-21-14-22)20-19(15-6-2-1-3-7-15)16-8-4-5-9-18(16)24-20/h1-9,11,13-14H,10,12H2. The molecule has 0 fully saturated rings. The Bertz CT molecular complexity index is 971. The van der Waals surface area contributed by atoms with Gasteiger partial charge in [0, 0.05) is 41.0 Å². The van der Waals surface area contributed by atoms with Crippen molar-refractivity contribution < 1.29 is 4.79 Å². The van der Waals surface area contributed by atoms with E-state index in [0.717, 1.165) is 26.1 Å². The predicted octanol–water partition coefficient (Wildman–Crippen LogP) is 5.04. The summed E-state index contributed by atoms with van der Waals surface area (Å²) in [6.07, 6.45) is 5.84. The first-order chi connectivity index (χ1) is 11.8. The van der Waals surface area contributed by atoms with Gasteiger partial charge in [0.1, 0.15) is 0 Å². The molecular formula is C20H16N2OS. The number of ketones is 1. The molecule has 0 radical (unpaired) electrons. The Balaban J connectivity index is 1.75. The number of hydrogen-bond acceptors (Lipinski definition) is 3. The second-order valence-electron chi connectivity index (χ2n) is 5.64. The summed E-state index contributed by atoms with van der Waals surface area (Å²) in [7, 11) is 0. The molecule has 0 spiro atoms. The van der Waals surface area contributed by atoms with Gasteiger partial charge in [-0.25, -0.2) is 4.98 Å². The van der Waals surface area contributed by atoms with Crippen LogP contribution in [0.2, 0.25) is 0 Å². The molecule has 2 aromatic carbocycles. The first-order valence-corrected chi connectivity index (χ1v) is 8.70. The van der Waals surface area contributed by atoms with Gasteiger partial charge in [0.2, 0.25) is 0 Å². The minimum Gasteiger partial charge on any atom is -0.337 e. The zero-order valence-corrected chi connectivity index (χ0v) is 13.9. The van der Waals surface area contributed by atoms with Crippen molar-refractivity contribution in [2.24, 2.45) is 0 Å². The van der Waals surface area contributed by atoms with Gasteiger partial charge in [-0.2, -0.15) is 0 Å². The minimum absolute atomic E-state index is 0.184. The van der Waals surface area contributed by atoms with E-state index in [-0.39, 0.29) is 5.78 Å². The van der Waals surface area contributed by atoms with Crippen LogP contribution in [0, 0.1) is 0 Å². The highest BCUT2D eigenvalue weighted by atomic mass is 32.1. The number of aromatic nitrogens is 2. The maximum atomic E-state index is 12.9. The molecule has 0 N–H and O–H groups in total. The Morgan fingerprint density at radius 2 is 1.83 bits per heavy atom. The maximum absolute atomic E-state index is 12.9. The van der Waals surface area contributed by atoms with Gasteiger partial charge in [0.25, 0.3) is 0 Å². The van der Waals surface area contributed by atoms with Crippen LogP contribution in [0.5, 0.6) is 0 Å². The van der Waals surface area contributed by atoms with E-state index in [0.29, 0.717) is 13.0 Å².